The normalized spacial score (nSPS) is 9.34. The van der Waals surface area contributed by atoms with Crippen LogP contribution in [0.25, 0.3) is 0 Å². The van der Waals surface area contributed by atoms with E-state index in [1.807, 2.05) is 0 Å². The van der Waals surface area contributed by atoms with Gasteiger partial charge in [-0.05, 0) is 18.6 Å². The van der Waals surface area contributed by atoms with E-state index in [1.165, 1.54) is 31.0 Å². The van der Waals surface area contributed by atoms with Gasteiger partial charge in [0.1, 0.15) is 15.9 Å². The molecule has 0 aliphatic heterocycles. The van der Waals surface area contributed by atoms with E-state index >= 15 is 0 Å². The Morgan fingerprint density at radius 3 is 1.93 bits per heavy atom. The molecule has 0 unspecified atom stereocenters. The molecule has 0 radical (unpaired) electrons. The van der Waals surface area contributed by atoms with Crippen LogP contribution in [0.15, 0.2) is 29.2 Å². The molecule has 0 saturated heterocycles. The number of carbonyl (C=O) groups excluding carboxylic acids is 2. The van der Waals surface area contributed by atoms with Crippen molar-refractivity contribution in [1.29, 1.82) is 0 Å². The van der Waals surface area contributed by atoms with Crippen LogP contribution in [0.2, 0.25) is 0 Å². The van der Waals surface area contributed by atoms with Crippen LogP contribution in [-0.4, -0.2) is 25.1 Å². The fourth-order valence-electron chi connectivity index (χ4n) is 1.96. The summed E-state index contributed by atoms with van der Waals surface area (Å²) in [7, 11) is -4.64. The number of rotatable bonds is 9. The molecule has 0 spiro atoms. The smallest absolute Gasteiger partial charge is 0.755 e. The first kappa shape index (κ1) is 37.2. The standard InChI is InChI=1S/C15H22O5S.CH2O4.3Na/c1-2-3-4-5-6-7-12-15(16)20-13-10-8-9-11-14(13)21(17,18)19;2-1(3)5-4;;;/h8-11H,2-7,12H2,1H3,(H,17,18,19);4H,(H,2,3);;;/q;;3*+1/p-3. The molecule has 13 heteroatoms. The van der Waals surface area contributed by atoms with Gasteiger partial charge in [0.2, 0.25) is 6.16 Å². The van der Waals surface area contributed by atoms with Crippen LogP contribution in [0.1, 0.15) is 51.9 Å². The summed E-state index contributed by atoms with van der Waals surface area (Å²) in [4.78, 5) is 22.2. The number of para-hydroxylation sites is 1. The van der Waals surface area contributed by atoms with E-state index in [9.17, 15) is 17.8 Å². The molecule has 9 nitrogen and oxygen atoms in total. The molecule has 0 aromatic heterocycles. The molecule has 1 aromatic carbocycles. The van der Waals surface area contributed by atoms with E-state index in [0.29, 0.717) is 6.42 Å². The molecular formula is C16H21Na3O9S. The second-order valence-electron chi connectivity index (χ2n) is 5.23. The monoisotopic (exact) mass is 458 g/mol. The summed E-state index contributed by atoms with van der Waals surface area (Å²) in [5, 5.41) is 17.2. The van der Waals surface area contributed by atoms with Crippen LogP contribution in [0, 0.1) is 0 Å². The maximum Gasteiger partial charge on any atom is 1.00 e. The summed E-state index contributed by atoms with van der Waals surface area (Å²) in [5.41, 5.74) is 0. The molecular weight excluding hydrogens is 437 g/mol. The number of benzene rings is 1. The molecule has 0 aliphatic rings. The maximum absolute atomic E-state index is 11.7. The molecule has 1 rings (SSSR count). The van der Waals surface area contributed by atoms with Crippen molar-refractivity contribution in [2.24, 2.45) is 0 Å². The second kappa shape index (κ2) is 22.0. The summed E-state index contributed by atoms with van der Waals surface area (Å²) in [5.74, 6) is -0.704. The third-order valence-corrected chi connectivity index (χ3v) is 4.02. The predicted octanol–water partition coefficient (Wildman–Crippen LogP) is -8.12. The van der Waals surface area contributed by atoms with Crippen molar-refractivity contribution < 1.29 is 131 Å². The van der Waals surface area contributed by atoms with Crippen molar-refractivity contribution in [2.75, 3.05) is 0 Å². The van der Waals surface area contributed by atoms with E-state index in [4.69, 9.17) is 19.9 Å². The van der Waals surface area contributed by atoms with Crippen molar-refractivity contribution in [1.82, 2.24) is 0 Å². The molecule has 0 aliphatic carbocycles. The summed E-state index contributed by atoms with van der Waals surface area (Å²) in [6, 6.07) is 5.37. The van der Waals surface area contributed by atoms with Crippen molar-refractivity contribution >= 4 is 22.2 Å². The number of hydrogen-bond donors (Lipinski definition) is 0. The molecule has 1 aromatic rings. The Bertz CT molecular complexity index is 669. The van der Waals surface area contributed by atoms with E-state index in [1.54, 1.807) is 0 Å². The zero-order valence-corrected chi connectivity index (χ0v) is 24.2. The van der Waals surface area contributed by atoms with Gasteiger partial charge in [0, 0.05) is 6.42 Å². The van der Waals surface area contributed by atoms with Crippen LogP contribution in [0.5, 0.6) is 5.75 Å². The molecule has 148 valence electrons. The molecule has 0 atom stereocenters. The van der Waals surface area contributed by atoms with Crippen molar-refractivity contribution in [2.45, 2.75) is 56.8 Å². The minimum absolute atomic E-state index is 0. The van der Waals surface area contributed by atoms with Gasteiger partial charge in [-0.25, -0.2) is 8.42 Å². The van der Waals surface area contributed by atoms with Crippen LogP contribution in [0.3, 0.4) is 0 Å². The van der Waals surface area contributed by atoms with Gasteiger partial charge in [0.25, 0.3) is 0 Å². The van der Waals surface area contributed by atoms with Gasteiger partial charge in [-0.2, -0.15) is 0 Å². The van der Waals surface area contributed by atoms with Crippen LogP contribution >= 0.6 is 0 Å². The van der Waals surface area contributed by atoms with Gasteiger partial charge in [-0.1, -0.05) is 51.2 Å². The topological polar surface area (TPSA) is 156 Å². The van der Waals surface area contributed by atoms with E-state index < -0.39 is 27.1 Å². The first-order valence-electron chi connectivity index (χ1n) is 7.98. The Kier molecular flexibility index (Phi) is 28.2. The Morgan fingerprint density at radius 2 is 1.45 bits per heavy atom. The fraction of sp³-hybridized carbons (Fsp3) is 0.500. The fourth-order valence-corrected chi connectivity index (χ4v) is 2.57. The number of ether oxygens (including phenoxy) is 1. The zero-order chi connectivity index (χ0) is 20.0. The van der Waals surface area contributed by atoms with Gasteiger partial charge in [0.05, 0.1) is 4.90 Å². The summed E-state index contributed by atoms with van der Waals surface area (Å²) < 4.78 is 38.1. The molecule has 0 fully saturated rings. The molecule has 0 heterocycles. The van der Waals surface area contributed by atoms with Gasteiger partial charge in [-0.15, -0.1) is 0 Å². The number of carboxylic acid groups (broad SMARTS) is 1. The van der Waals surface area contributed by atoms with E-state index in [0.717, 1.165) is 25.3 Å². The maximum atomic E-state index is 11.7. The van der Waals surface area contributed by atoms with Crippen LogP contribution in [0.4, 0.5) is 4.79 Å². The summed E-state index contributed by atoms with van der Waals surface area (Å²) in [6.07, 6.45) is 4.41. The Morgan fingerprint density at radius 1 is 0.966 bits per heavy atom. The average molecular weight is 458 g/mol. The number of carbonyl (C=O) groups is 2. The third-order valence-electron chi connectivity index (χ3n) is 3.14. The minimum Gasteiger partial charge on any atom is -0.755 e. The number of esters is 1. The van der Waals surface area contributed by atoms with Gasteiger partial charge < -0.3 is 29.3 Å². The Balaban J connectivity index is -0.000000349. The summed E-state index contributed by atoms with van der Waals surface area (Å²) >= 11 is 0. The number of hydrogen-bond acceptors (Lipinski definition) is 9. The predicted molar refractivity (Wildman–Crippen MR) is 84.5 cm³/mol. The second-order valence-corrected chi connectivity index (χ2v) is 6.57. The first-order valence-corrected chi connectivity index (χ1v) is 9.39. The van der Waals surface area contributed by atoms with Crippen LogP contribution < -0.4 is 104 Å². The molecule has 0 N–H and O–H groups in total. The molecule has 29 heavy (non-hydrogen) atoms. The van der Waals surface area contributed by atoms with E-state index in [2.05, 4.69) is 11.8 Å². The van der Waals surface area contributed by atoms with E-state index in [-0.39, 0.29) is 101 Å². The SMILES string of the molecule is CCCCCCCCC(=O)Oc1ccccc1S(=O)(=O)[O-].O=C([O-])O[O-].[Na+].[Na+].[Na+]. The average Bonchev–Trinajstić information content (AvgIpc) is 2.58. The third kappa shape index (κ3) is 20.5. The quantitative estimate of drug-likeness (QED) is 0.0667. The Labute approximate surface area is 237 Å². The van der Waals surface area contributed by atoms with Crippen molar-refractivity contribution in [3.05, 3.63) is 24.3 Å². The molecule has 0 bridgehead atoms. The molecule has 0 saturated carbocycles. The van der Waals surface area contributed by atoms with Gasteiger partial charge >= 0.3 is 94.6 Å². The van der Waals surface area contributed by atoms with Crippen LogP contribution in [-0.2, 0) is 19.8 Å². The van der Waals surface area contributed by atoms with Crippen molar-refractivity contribution in [3.63, 3.8) is 0 Å². The van der Waals surface area contributed by atoms with Crippen molar-refractivity contribution in [3.8, 4) is 5.75 Å². The minimum atomic E-state index is -4.64. The number of unbranched alkanes of at least 4 members (excludes halogenated alkanes) is 5. The summed E-state index contributed by atoms with van der Waals surface area (Å²) in [6.45, 7) is 2.14. The molecule has 0 amide bonds. The zero-order valence-electron chi connectivity index (χ0n) is 17.3. The largest absolute Gasteiger partial charge is 1.00 e. The van der Waals surface area contributed by atoms with Gasteiger partial charge in [0.15, 0.2) is 0 Å². The Hall–Kier alpha value is 0.830. The van der Waals surface area contributed by atoms with Gasteiger partial charge in [-0.3, -0.25) is 4.79 Å². The first-order chi connectivity index (χ1) is 12.2.